The molecule has 0 fully saturated rings. The molecule has 0 aromatic carbocycles. The number of carbonyl (C=O) groups is 1. The zero-order valence-electron chi connectivity index (χ0n) is 12.1. The second-order valence-corrected chi connectivity index (χ2v) is 5.56. The zero-order valence-corrected chi connectivity index (χ0v) is 13.7. The number of aryl methyl sites for hydroxylation is 3. The summed E-state index contributed by atoms with van der Waals surface area (Å²) in [5.74, 6) is -0.163. The maximum Gasteiger partial charge on any atom is 0.309 e. The molecule has 2 heterocycles. The van der Waals surface area contributed by atoms with E-state index in [0.717, 1.165) is 10.2 Å². The van der Waals surface area contributed by atoms with Gasteiger partial charge in [-0.05, 0) is 22.9 Å². The van der Waals surface area contributed by atoms with Crippen LogP contribution in [0, 0.1) is 17.0 Å². The first-order valence-corrected chi connectivity index (χ1v) is 7.29. The van der Waals surface area contributed by atoms with Crippen LogP contribution in [-0.4, -0.2) is 30.4 Å². The maximum atomic E-state index is 11.8. The van der Waals surface area contributed by atoms with Crippen LogP contribution in [-0.2, 0) is 24.9 Å². The first-order valence-electron chi connectivity index (χ1n) is 6.50. The summed E-state index contributed by atoms with van der Waals surface area (Å²) in [5.41, 5.74) is 1.15. The van der Waals surface area contributed by atoms with Gasteiger partial charge in [-0.15, -0.1) is 0 Å². The van der Waals surface area contributed by atoms with Gasteiger partial charge in [-0.25, -0.2) is 0 Å². The Morgan fingerprint density at radius 1 is 1.55 bits per heavy atom. The van der Waals surface area contributed by atoms with Crippen LogP contribution in [0.15, 0.2) is 16.9 Å². The molecule has 2 aromatic heterocycles. The molecule has 118 valence electrons. The summed E-state index contributed by atoms with van der Waals surface area (Å²) in [6.45, 7) is 2.20. The third-order valence-corrected chi connectivity index (χ3v) is 3.81. The highest BCUT2D eigenvalue weighted by Crippen LogP contribution is 2.16. The Morgan fingerprint density at radius 3 is 2.82 bits per heavy atom. The molecule has 0 atom stereocenters. The predicted molar refractivity (Wildman–Crippen MR) is 81.0 cm³/mol. The van der Waals surface area contributed by atoms with Crippen molar-refractivity contribution in [2.45, 2.75) is 26.4 Å². The van der Waals surface area contributed by atoms with Gasteiger partial charge in [-0.3, -0.25) is 24.3 Å². The fraction of sp³-hybridized carbons (Fsp3) is 0.417. The van der Waals surface area contributed by atoms with E-state index in [1.165, 1.54) is 10.9 Å². The molecule has 2 aromatic rings. The molecule has 0 radical (unpaired) electrons. The van der Waals surface area contributed by atoms with Gasteiger partial charge < -0.3 is 5.32 Å². The number of aromatic nitrogens is 4. The molecule has 0 aliphatic heterocycles. The van der Waals surface area contributed by atoms with Crippen molar-refractivity contribution >= 4 is 27.5 Å². The van der Waals surface area contributed by atoms with E-state index in [2.05, 4.69) is 31.4 Å². The Balaban J connectivity index is 1.85. The van der Waals surface area contributed by atoms with Crippen LogP contribution < -0.4 is 5.32 Å². The Morgan fingerprint density at radius 2 is 2.27 bits per heavy atom. The lowest BCUT2D eigenvalue weighted by Gasteiger charge is -2.06. The average Bonchev–Trinajstić information content (AvgIpc) is 2.98. The van der Waals surface area contributed by atoms with Crippen molar-refractivity contribution in [3.63, 3.8) is 0 Å². The topological polar surface area (TPSA) is 108 Å². The van der Waals surface area contributed by atoms with E-state index in [9.17, 15) is 14.9 Å². The van der Waals surface area contributed by atoms with Gasteiger partial charge in [0, 0.05) is 20.0 Å². The minimum atomic E-state index is -0.487. The molecular weight excluding hydrogens is 356 g/mol. The number of carbonyl (C=O) groups excluding carboxylic acids is 1. The maximum absolute atomic E-state index is 11.8. The SMILES string of the molecule is Cc1nn(CCC(=O)NCc2c(Br)cnn2C)cc1[N+](=O)[O-]. The van der Waals surface area contributed by atoms with E-state index in [-0.39, 0.29) is 24.6 Å². The van der Waals surface area contributed by atoms with Crippen LogP contribution in [0.25, 0.3) is 0 Å². The standard InChI is InChI=1S/C12H15BrN6O3/c1-8-11(19(21)22)7-18(16-8)4-3-12(20)14-6-10-9(13)5-15-17(10)2/h5,7H,3-4,6H2,1-2H3,(H,14,20). The second-order valence-electron chi connectivity index (χ2n) is 4.71. The van der Waals surface area contributed by atoms with Crippen molar-refractivity contribution in [1.29, 1.82) is 0 Å². The predicted octanol–water partition coefficient (Wildman–Crippen LogP) is 1.30. The molecule has 1 N–H and O–H groups in total. The summed E-state index contributed by atoms with van der Waals surface area (Å²) in [6, 6.07) is 0. The van der Waals surface area contributed by atoms with Crippen LogP contribution in [0.3, 0.4) is 0 Å². The first kappa shape index (κ1) is 16.1. The van der Waals surface area contributed by atoms with Crippen LogP contribution in [0.2, 0.25) is 0 Å². The van der Waals surface area contributed by atoms with E-state index in [1.807, 2.05) is 0 Å². The fourth-order valence-electron chi connectivity index (χ4n) is 1.92. The summed E-state index contributed by atoms with van der Waals surface area (Å²) in [7, 11) is 1.79. The smallest absolute Gasteiger partial charge is 0.309 e. The molecule has 2 rings (SSSR count). The van der Waals surface area contributed by atoms with Gasteiger partial charge in [0.25, 0.3) is 0 Å². The minimum absolute atomic E-state index is 0.0424. The van der Waals surface area contributed by atoms with Crippen molar-refractivity contribution in [3.05, 3.63) is 38.4 Å². The monoisotopic (exact) mass is 370 g/mol. The zero-order chi connectivity index (χ0) is 16.3. The van der Waals surface area contributed by atoms with Gasteiger partial charge >= 0.3 is 5.69 Å². The number of hydrogen-bond acceptors (Lipinski definition) is 5. The van der Waals surface area contributed by atoms with Gasteiger partial charge in [0.2, 0.25) is 5.91 Å². The van der Waals surface area contributed by atoms with Crippen LogP contribution >= 0.6 is 15.9 Å². The lowest BCUT2D eigenvalue weighted by atomic mass is 10.3. The molecule has 1 amide bonds. The molecule has 0 saturated heterocycles. The van der Waals surface area contributed by atoms with Crippen molar-refractivity contribution < 1.29 is 9.72 Å². The molecule has 0 aliphatic rings. The molecule has 9 nitrogen and oxygen atoms in total. The highest BCUT2D eigenvalue weighted by Gasteiger charge is 2.15. The molecule has 10 heteroatoms. The Bertz CT molecular complexity index is 688. The van der Waals surface area contributed by atoms with Gasteiger partial charge in [-0.2, -0.15) is 10.2 Å². The summed E-state index contributed by atoms with van der Waals surface area (Å²) < 4.78 is 3.91. The molecule has 0 aliphatic carbocycles. The van der Waals surface area contributed by atoms with Crippen LogP contribution in [0.1, 0.15) is 17.8 Å². The Hall–Kier alpha value is -2.23. The lowest BCUT2D eigenvalue weighted by Crippen LogP contribution is -2.25. The summed E-state index contributed by atoms with van der Waals surface area (Å²) in [4.78, 5) is 22.1. The summed E-state index contributed by atoms with van der Waals surface area (Å²) in [6.07, 6.45) is 3.18. The molecule has 0 saturated carbocycles. The van der Waals surface area contributed by atoms with Crippen LogP contribution in [0.4, 0.5) is 5.69 Å². The Labute approximate surface area is 134 Å². The fourth-order valence-corrected chi connectivity index (χ4v) is 2.41. The number of rotatable bonds is 6. The second kappa shape index (κ2) is 6.69. The molecule has 0 bridgehead atoms. The highest BCUT2D eigenvalue weighted by atomic mass is 79.9. The van der Waals surface area contributed by atoms with Crippen molar-refractivity contribution in [3.8, 4) is 0 Å². The first-order chi connectivity index (χ1) is 10.4. The lowest BCUT2D eigenvalue weighted by molar-refractivity contribution is -0.385. The largest absolute Gasteiger partial charge is 0.350 e. The van der Waals surface area contributed by atoms with Crippen molar-refractivity contribution in [2.24, 2.45) is 7.05 Å². The van der Waals surface area contributed by atoms with Gasteiger partial charge in [-0.1, -0.05) is 0 Å². The molecule has 0 unspecified atom stereocenters. The van der Waals surface area contributed by atoms with Crippen molar-refractivity contribution in [2.75, 3.05) is 0 Å². The normalized spacial score (nSPS) is 10.7. The van der Waals surface area contributed by atoms with E-state index in [1.54, 1.807) is 24.9 Å². The number of nitro groups is 1. The summed E-state index contributed by atoms with van der Waals surface area (Å²) >= 11 is 3.35. The van der Waals surface area contributed by atoms with E-state index in [0.29, 0.717) is 12.2 Å². The number of amides is 1. The van der Waals surface area contributed by atoms with E-state index >= 15 is 0 Å². The third kappa shape index (κ3) is 3.70. The molecule has 0 spiro atoms. The van der Waals surface area contributed by atoms with E-state index < -0.39 is 4.92 Å². The number of nitrogens with zero attached hydrogens (tertiary/aromatic N) is 5. The Kier molecular flexibility index (Phi) is 4.91. The summed E-state index contributed by atoms with van der Waals surface area (Å²) in [5, 5.41) is 21.6. The quantitative estimate of drug-likeness (QED) is 0.608. The van der Waals surface area contributed by atoms with Gasteiger partial charge in [0.05, 0.1) is 27.8 Å². The average molecular weight is 371 g/mol. The molecular formula is C12H15BrN6O3. The van der Waals surface area contributed by atoms with Gasteiger partial charge in [0.15, 0.2) is 0 Å². The minimum Gasteiger partial charge on any atom is -0.350 e. The number of halogens is 1. The highest BCUT2D eigenvalue weighted by molar-refractivity contribution is 9.10. The van der Waals surface area contributed by atoms with E-state index in [4.69, 9.17) is 0 Å². The molecule has 22 heavy (non-hydrogen) atoms. The van der Waals surface area contributed by atoms with Crippen LogP contribution in [0.5, 0.6) is 0 Å². The number of hydrogen-bond donors (Lipinski definition) is 1. The number of nitrogens with one attached hydrogen (secondary N) is 1. The van der Waals surface area contributed by atoms with Crippen molar-refractivity contribution in [1.82, 2.24) is 24.9 Å². The third-order valence-electron chi connectivity index (χ3n) is 3.15. The van der Waals surface area contributed by atoms with Gasteiger partial charge in [0.1, 0.15) is 11.9 Å².